The van der Waals surface area contributed by atoms with E-state index in [0.717, 1.165) is 6.42 Å². The Morgan fingerprint density at radius 2 is 1.62 bits per heavy atom. The standard InChI is InChI=1S/C14H16F4O3/c1-3-6-20-7-5-9(19)21-14-11(16)8(4-2)10(15)12(17)13(14)18/h3-7H2,1-2H3. The van der Waals surface area contributed by atoms with Crippen LogP contribution < -0.4 is 4.74 Å². The van der Waals surface area contributed by atoms with Crippen LogP contribution in [-0.4, -0.2) is 19.2 Å². The van der Waals surface area contributed by atoms with Gasteiger partial charge in [-0.3, -0.25) is 4.79 Å². The van der Waals surface area contributed by atoms with Crippen molar-refractivity contribution in [1.82, 2.24) is 0 Å². The number of esters is 1. The quantitative estimate of drug-likeness (QED) is 0.193. The first kappa shape index (κ1) is 17.4. The molecule has 0 saturated heterocycles. The van der Waals surface area contributed by atoms with Gasteiger partial charge in [-0.15, -0.1) is 0 Å². The van der Waals surface area contributed by atoms with E-state index in [1.54, 1.807) is 0 Å². The first-order valence-electron chi connectivity index (χ1n) is 6.57. The molecule has 0 aliphatic carbocycles. The van der Waals surface area contributed by atoms with Crippen molar-refractivity contribution in [2.45, 2.75) is 33.1 Å². The number of ether oxygens (including phenoxy) is 2. The fourth-order valence-corrected chi connectivity index (χ4v) is 1.63. The van der Waals surface area contributed by atoms with Crippen LogP contribution in [0.3, 0.4) is 0 Å². The van der Waals surface area contributed by atoms with Gasteiger partial charge in [-0.1, -0.05) is 13.8 Å². The summed E-state index contributed by atoms with van der Waals surface area (Å²) in [6.07, 6.45) is 0.291. The molecule has 0 aliphatic rings. The van der Waals surface area contributed by atoms with E-state index in [1.807, 2.05) is 6.92 Å². The molecule has 7 heteroatoms. The Labute approximate surface area is 119 Å². The minimum atomic E-state index is -1.86. The number of halogens is 4. The van der Waals surface area contributed by atoms with E-state index in [0.29, 0.717) is 6.61 Å². The molecule has 0 atom stereocenters. The van der Waals surface area contributed by atoms with Gasteiger partial charge < -0.3 is 9.47 Å². The maximum absolute atomic E-state index is 13.8. The molecule has 118 valence electrons. The first-order valence-corrected chi connectivity index (χ1v) is 6.57. The van der Waals surface area contributed by atoms with Gasteiger partial charge in [0.15, 0.2) is 17.5 Å². The van der Waals surface area contributed by atoms with Crippen molar-refractivity contribution in [2.75, 3.05) is 13.2 Å². The van der Waals surface area contributed by atoms with Crippen molar-refractivity contribution < 1.29 is 31.8 Å². The summed E-state index contributed by atoms with van der Waals surface area (Å²) < 4.78 is 63.4. The van der Waals surface area contributed by atoms with E-state index in [-0.39, 0.29) is 19.4 Å². The van der Waals surface area contributed by atoms with Crippen LogP contribution >= 0.6 is 0 Å². The summed E-state index contributed by atoms with van der Waals surface area (Å²) in [6, 6.07) is 0. The summed E-state index contributed by atoms with van der Waals surface area (Å²) in [5.41, 5.74) is -0.668. The fraction of sp³-hybridized carbons (Fsp3) is 0.500. The molecule has 1 aromatic carbocycles. The molecule has 0 heterocycles. The van der Waals surface area contributed by atoms with Crippen molar-refractivity contribution in [3.05, 3.63) is 28.8 Å². The maximum Gasteiger partial charge on any atom is 0.313 e. The Bertz CT molecular complexity index is 518. The molecular formula is C14H16F4O3. The largest absolute Gasteiger partial charge is 0.420 e. The zero-order valence-electron chi connectivity index (χ0n) is 11.8. The molecule has 0 N–H and O–H groups in total. The zero-order chi connectivity index (χ0) is 16.0. The summed E-state index contributed by atoms with van der Waals surface area (Å²) in [7, 11) is 0. The highest BCUT2D eigenvalue weighted by Gasteiger charge is 2.27. The van der Waals surface area contributed by atoms with Crippen LogP contribution in [0.15, 0.2) is 0 Å². The molecule has 1 rings (SSSR count). The molecular weight excluding hydrogens is 292 g/mol. The zero-order valence-corrected chi connectivity index (χ0v) is 11.8. The third-order valence-electron chi connectivity index (χ3n) is 2.68. The maximum atomic E-state index is 13.8. The van der Waals surface area contributed by atoms with E-state index in [2.05, 4.69) is 4.74 Å². The van der Waals surface area contributed by atoms with Gasteiger partial charge in [0.2, 0.25) is 11.6 Å². The van der Waals surface area contributed by atoms with E-state index < -0.39 is 40.6 Å². The van der Waals surface area contributed by atoms with Crippen LogP contribution in [-0.2, 0) is 16.0 Å². The highest BCUT2D eigenvalue weighted by atomic mass is 19.2. The molecule has 0 bridgehead atoms. The van der Waals surface area contributed by atoms with Crippen molar-refractivity contribution >= 4 is 5.97 Å². The second-order valence-corrected chi connectivity index (χ2v) is 4.25. The van der Waals surface area contributed by atoms with Gasteiger partial charge in [0.1, 0.15) is 0 Å². The molecule has 3 nitrogen and oxygen atoms in total. The lowest BCUT2D eigenvalue weighted by Gasteiger charge is -2.11. The predicted octanol–water partition coefficient (Wildman–Crippen LogP) is 3.53. The van der Waals surface area contributed by atoms with E-state index >= 15 is 0 Å². The third-order valence-corrected chi connectivity index (χ3v) is 2.68. The second kappa shape index (κ2) is 7.97. The summed E-state index contributed by atoms with van der Waals surface area (Å²) in [6.45, 7) is 3.68. The smallest absolute Gasteiger partial charge is 0.313 e. The molecule has 0 aliphatic heterocycles. The molecule has 0 fully saturated rings. The Morgan fingerprint density at radius 1 is 0.952 bits per heavy atom. The molecule has 0 spiro atoms. The predicted molar refractivity (Wildman–Crippen MR) is 67.0 cm³/mol. The number of benzene rings is 1. The van der Waals surface area contributed by atoms with Gasteiger partial charge in [0.05, 0.1) is 13.0 Å². The van der Waals surface area contributed by atoms with E-state index in [1.165, 1.54) is 6.92 Å². The van der Waals surface area contributed by atoms with Gasteiger partial charge in [-0.2, -0.15) is 4.39 Å². The minimum absolute atomic E-state index is 0.0141. The SMILES string of the molecule is CCCOCCC(=O)Oc1c(F)c(F)c(F)c(CC)c1F. The summed E-state index contributed by atoms with van der Waals surface area (Å²) in [5, 5.41) is 0. The number of hydrogen-bond acceptors (Lipinski definition) is 3. The topological polar surface area (TPSA) is 35.5 Å². The Balaban J connectivity index is 2.88. The van der Waals surface area contributed by atoms with Crippen molar-refractivity contribution in [1.29, 1.82) is 0 Å². The van der Waals surface area contributed by atoms with Crippen LogP contribution in [0, 0.1) is 23.3 Å². The van der Waals surface area contributed by atoms with Gasteiger partial charge in [0, 0.05) is 12.2 Å². The first-order chi connectivity index (χ1) is 9.93. The highest BCUT2D eigenvalue weighted by molar-refractivity contribution is 5.72. The van der Waals surface area contributed by atoms with Crippen LogP contribution in [0.2, 0.25) is 0 Å². The Kier molecular flexibility index (Phi) is 6.61. The molecule has 0 radical (unpaired) electrons. The normalized spacial score (nSPS) is 10.8. The van der Waals surface area contributed by atoms with E-state index in [4.69, 9.17) is 4.74 Å². The van der Waals surface area contributed by atoms with Crippen molar-refractivity contribution in [3.8, 4) is 5.75 Å². The van der Waals surface area contributed by atoms with Crippen LogP contribution in [0.25, 0.3) is 0 Å². The summed E-state index contributed by atoms with van der Waals surface area (Å²) in [5.74, 6) is -8.94. The lowest BCUT2D eigenvalue weighted by molar-refractivity contribution is -0.136. The number of carbonyl (C=O) groups is 1. The van der Waals surface area contributed by atoms with E-state index in [9.17, 15) is 22.4 Å². The molecule has 1 aromatic rings. The van der Waals surface area contributed by atoms with Crippen molar-refractivity contribution in [2.24, 2.45) is 0 Å². The fourth-order valence-electron chi connectivity index (χ4n) is 1.63. The third kappa shape index (κ3) is 4.17. The van der Waals surface area contributed by atoms with Crippen LogP contribution in [0.5, 0.6) is 5.75 Å². The molecule has 0 amide bonds. The van der Waals surface area contributed by atoms with Gasteiger partial charge in [0.25, 0.3) is 0 Å². The molecule has 21 heavy (non-hydrogen) atoms. The number of carbonyl (C=O) groups excluding carboxylic acids is 1. The number of hydrogen-bond donors (Lipinski definition) is 0. The molecule has 0 saturated carbocycles. The van der Waals surface area contributed by atoms with Crippen LogP contribution in [0.4, 0.5) is 17.6 Å². The Morgan fingerprint density at radius 3 is 2.19 bits per heavy atom. The lowest BCUT2D eigenvalue weighted by atomic mass is 10.1. The molecule has 0 aromatic heterocycles. The van der Waals surface area contributed by atoms with Crippen molar-refractivity contribution in [3.63, 3.8) is 0 Å². The average Bonchev–Trinajstić information content (AvgIpc) is 2.46. The monoisotopic (exact) mass is 308 g/mol. The summed E-state index contributed by atoms with van der Waals surface area (Å²) in [4.78, 5) is 11.4. The number of rotatable bonds is 7. The highest BCUT2D eigenvalue weighted by Crippen LogP contribution is 2.30. The second-order valence-electron chi connectivity index (χ2n) is 4.25. The van der Waals surface area contributed by atoms with Gasteiger partial charge >= 0.3 is 5.97 Å². The summed E-state index contributed by atoms with van der Waals surface area (Å²) >= 11 is 0. The van der Waals surface area contributed by atoms with Gasteiger partial charge in [-0.05, 0) is 12.8 Å². The Hall–Kier alpha value is -1.63. The lowest BCUT2D eigenvalue weighted by Crippen LogP contribution is -2.15. The molecule has 0 unspecified atom stereocenters. The average molecular weight is 308 g/mol. The van der Waals surface area contributed by atoms with Gasteiger partial charge in [-0.25, -0.2) is 13.2 Å². The minimum Gasteiger partial charge on any atom is -0.420 e. The van der Waals surface area contributed by atoms with Crippen LogP contribution in [0.1, 0.15) is 32.3 Å².